The van der Waals surface area contributed by atoms with E-state index in [1.165, 1.54) is 11.8 Å². The van der Waals surface area contributed by atoms with Crippen molar-refractivity contribution >= 4 is 38.1 Å². The third-order valence-electron chi connectivity index (χ3n) is 4.30. The summed E-state index contributed by atoms with van der Waals surface area (Å²) < 4.78 is 38.0. The van der Waals surface area contributed by atoms with Crippen molar-refractivity contribution < 1.29 is 22.5 Å². The van der Waals surface area contributed by atoms with Gasteiger partial charge in [-0.1, -0.05) is 5.16 Å². The van der Waals surface area contributed by atoms with Crippen molar-refractivity contribution in [1.82, 2.24) is 10.1 Å². The van der Waals surface area contributed by atoms with Crippen LogP contribution >= 0.6 is 11.3 Å². The second-order valence-electron chi connectivity index (χ2n) is 6.22. The van der Waals surface area contributed by atoms with Gasteiger partial charge in [0.25, 0.3) is 15.9 Å². The van der Waals surface area contributed by atoms with Crippen LogP contribution < -0.4 is 14.4 Å². The molecule has 0 bridgehead atoms. The third-order valence-corrected chi connectivity index (χ3v) is 6.77. The Hall–Kier alpha value is -2.92. The summed E-state index contributed by atoms with van der Waals surface area (Å²) in [6.07, 6.45) is 0. The molecule has 1 aliphatic rings. The van der Waals surface area contributed by atoms with Crippen LogP contribution in [-0.4, -0.2) is 38.1 Å². The van der Waals surface area contributed by atoms with Crippen LogP contribution in [0.15, 0.2) is 33.0 Å². The zero-order chi connectivity index (χ0) is 20.1. The largest absolute Gasteiger partial charge is 0.482 e. The number of thiazole rings is 1. The Morgan fingerprint density at radius 1 is 1.29 bits per heavy atom. The Kier molecular flexibility index (Phi) is 4.35. The standard InChI is InChI=1S/C17H16N4O5S2/c1-9-16(10(2)26-19-9)28(23,24)20-17-18-12(8-27-17)11-4-5-14-13(6-11)21(3)15(22)7-25-14/h4-6,8H,7H2,1-3H3,(H,18,20). The van der Waals surface area contributed by atoms with E-state index in [1.807, 2.05) is 6.07 Å². The number of nitrogens with one attached hydrogen (secondary N) is 1. The molecule has 3 heterocycles. The van der Waals surface area contributed by atoms with Gasteiger partial charge in [-0.25, -0.2) is 13.4 Å². The van der Waals surface area contributed by atoms with E-state index in [-0.39, 0.29) is 34.0 Å². The number of sulfonamides is 1. The second kappa shape index (κ2) is 6.60. The molecule has 9 nitrogen and oxygen atoms in total. The summed E-state index contributed by atoms with van der Waals surface area (Å²) >= 11 is 1.15. The first kappa shape index (κ1) is 18.4. The summed E-state index contributed by atoms with van der Waals surface area (Å²) in [5, 5.41) is 5.63. The average Bonchev–Trinajstić information content (AvgIpc) is 3.24. The van der Waals surface area contributed by atoms with Crippen molar-refractivity contribution in [2.24, 2.45) is 0 Å². The molecule has 0 saturated heterocycles. The maximum Gasteiger partial charge on any atom is 0.269 e. The predicted octanol–water partition coefficient (Wildman–Crippen LogP) is 2.57. The van der Waals surface area contributed by atoms with Gasteiger partial charge in [-0.15, -0.1) is 11.3 Å². The van der Waals surface area contributed by atoms with Gasteiger partial charge in [0.1, 0.15) is 11.4 Å². The molecule has 28 heavy (non-hydrogen) atoms. The lowest BCUT2D eigenvalue weighted by molar-refractivity contribution is -0.120. The number of rotatable bonds is 4. The fraction of sp³-hybridized carbons (Fsp3) is 0.235. The topological polar surface area (TPSA) is 115 Å². The van der Waals surface area contributed by atoms with Crippen LogP contribution in [0.5, 0.6) is 5.75 Å². The number of likely N-dealkylation sites (N-methyl/N-ethyl adjacent to an activating group) is 1. The molecule has 4 rings (SSSR count). The molecule has 0 saturated carbocycles. The molecule has 0 fully saturated rings. The lowest BCUT2D eigenvalue weighted by Gasteiger charge is -2.26. The van der Waals surface area contributed by atoms with E-state index in [1.54, 1.807) is 31.5 Å². The number of hydrogen-bond donors (Lipinski definition) is 1. The molecule has 0 aliphatic carbocycles. The first-order chi connectivity index (χ1) is 13.3. The molecular formula is C17H16N4O5S2. The average molecular weight is 420 g/mol. The minimum atomic E-state index is -3.86. The van der Waals surface area contributed by atoms with Crippen LogP contribution in [0.2, 0.25) is 0 Å². The predicted molar refractivity (Wildman–Crippen MR) is 103 cm³/mol. The smallest absolute Gasteiger partial charge is 0.269 e. The number of benzene rings is 1. The third kappa shape index (κ3) is 3.12. The monoisotopic (exact) mass is 420 g/mol. The Bertz CT molecular complexity index is 1160. The maximum atomic E-state index is 12.6. The number of hydrogen-bond acceptors (Lipinski definition) is 8. The molecule has 0 spiro atoms. The highest BCUT2D eigenvalue weighted by Gasteiger charge is 2.26. The summed E-state index contributed by atoms with van der Waals surface area (Å²) in [7, 11) is -2.18. The SMILES string of the molecule is Cc1noc(C)c1S(=O)(=O)Nc1nc(-c2ccc3c(c2)N(C)C(=O)CO3)cs1. The normalized spacial score (nSPS) is 14.0. The van der Waals surface area contributed by atoms with E-state index in [9.17, 15) is 13.2 Å². The molecular weight excluding hydrogens is 404 g/mol. The quantitative estimate of drug-likeness (QED) is 0.690. The number of amides is 1. The maximum absolute atomic E-state index is 12.6. The number of nitrogens with zero attached hydrogens (tertiary/aromatic N) is 3. The zero-order valence-corrected chi connectivity index (χ0v) is 16.8. The molecule has 1 aromatic carbocycles. The highest BCUT2D eigenvalue weighted by atomic mass is 32.2. The number of carbonyl (C=O) groups excluding carboxylic acids is 1. The summed E-state index contributed by atoms with van der Waals surface area (Å²) in [6, 6.07) is 5.36. The summed E-state index contributed by atoms with van der Waals surface area (Å²) in [4.78, 5) is 17.7. The van der Waals surface area contributed by atoms with Crippen molar-refractivity contribution in [3.63, 3.8) is 0 Å². The zero-order valence-electron chi connectivity index (χ0n) is 15.2. The molecule has 1 N–H and O–H groups in total. The van der Waals surface area contributed by atoms with Crippen molar-refractivity contribution in [3.05, 3.63) is 35.0 Å². The lowest BCUT2D eigenvalue weighted by atomic mass is 10.1. The van der Waals surface area contributed by atoms with Crippen molar-refractivity contribution in [2.75, 3.05) is 23.3 Å². The minimum Gasteiger partial charge on any atom is -0.482 e. The van der Waals surface area contributed by atoms with Crippen LogP contribution in [0.4, 0.5) is 10.8 Å². The number of fused-ring (bicyclic) bond motifs is 1. The van der Waals surface area contributed by atoms with Gasteiger partial charge in [0, 0.05) is 18.0 Å². The first-order valence-electron chi connectivity index (χ1n) is 8.21. The van der Waals surface area contributed by atoms with Crippen LogP contribution in [0.25, 0.3) is 11.3 Å². The van der Waals surface area contributed by atoms with Gasteiger partial charge in [-0.3, -0.25) is 9.52 Å². The van der Waals surface area contributed by atoms with Crippen LogP contribution in [0, 0.1) is 13.8 Å². The van der Waals surface area contributed by atoms with Gasteiger partial charge in [0.2, 0.25) is 0 Å². The van der Waals surface area contributed by atoms with Gasteiger partial charge in [-0.2, -0.15) is 0 Å². The number of anilines is 2. The molecule has 146 valence electrons. The molecule has 2 aromatic heterocycles. The first-order valence-corrected chi connectivity index (χ1v) is 10.6. The summed E-state index contributed by atoms with van der Waals surface area (Å²) in [6.45, 7) is 3.10. The van der Waals surface area contributed by atoms with Gasteiger partial charge >= 0.3 is 0 Å². The van der Waals surface area contributed by atoms with Crippen molar-refractivity contribution in [2.45, 2.75) is 18.7 Å². The van der Waals surface area contributed by atoms with Gasteiger partial charge < -0.3 is 14.2 Å². The van der Waals surface area contributed by atoms with Crippen LogP contribution in [0.1, 0.15) is 11.5 Å². The summed E-state index contributed by atoms with van der Waals surface area (Å²) in [5.74, 6) is 0.681. The van der Waals surface area contributed by atoms with E-state index in [4.69, 9.17) is 9.26 Å². The number of carbonyl (C=O) groups is 1. The lowest BCUT2D eigenvalue weighted by Crippen LogP contribution is -2.35. The molecule has 0 unspecified atom stereocenters. The Labute approximate surface area is 165 Å². The van der Waals surface area contributed by atoms with Crippen LogP contribution in [-0.2, 0) is 14.8 Å². The van der Waals surface area contributed by atoms with Gasteiger partial charge in [0.15, 0.2) is 22.4 Å². The summed E-state index contributed by atoms with van der Waals surface area (Å²) in [5.41, 5.74) is 2.24. The molecule has 1 aliphatic heterocycles. The van der Waals surface area contributed by atoms with Crippen molar-refractivity contribution in [3.8, 4) is 17.0 Å². The Morgan fingerprint density at radius 3 is 2.79 bits per heavy atom. The van der Waals surface area contributed by atoms with Gasteiger partial charge in [0.05, 0.1) is 11.4 Å². The molecule has 0 radical (unpaired) electrons. The Balaban J connectivity index is 1.63. The fourth-order valence-electron chi connectivity index (χ4n) is 2.91. The van der Waals surface area contributed by atoms with Gasteiger partial charge in [-0.05, 0) is 32.0 Å². The highest BCUT2D eigenvalue weighted by Crippen LogP contribution is 2.36. The second-order valence-corrected chi connectivity index (χ2v) is 8.70. The number of aromatic nitrogens is 2. The minimum absolute atomic E-state index is 0.00712. The van der Waals surface area contributed by atoms with E-state index in [0.29, 0.717) is 17.1 Å². The molecule has 1 amide bonds. The van der Waals surface area contributed by atoms with E-state index in [2.05, 4.69) is 14.9 Å². The van der Waals surface area contributed by atoms with E-state index < -0.39 is 10.0 Å². The van der Waals surface area contributed by atoms with E-state index >= 15 is 0 Å². The number of aryl methyl sites for hydroxylation is 2. The number of ether oxygens (including phenoxy) is 1. The highest BCUT2D eigenvalue weighted by molar-refractivity contribution is 7.93. The molecule has 11 heteroatoms. The Morgan fingerprint density at radius 2 is 2.07 bits per heavy atom. The molecule has 3 aromatic rings. The van der Waals surface area contributed by atoms with Crippen molar-refractivity contribution in [1.29, 1.82) is 0 Å². The van der Waals surface area contributed by atoms with E-state index in [0.717, 1.165) is 16.9 Å². The fourth-order valence-corrected chi connectivity index (χ4v) is 5.21. The molecule has 0 atom stereocenters. The van der Waals surface area contributed by atoms with Crippen LogP contribution in [0.3, 0.4) is 0 Å².